The van der Waals surface area contributed by atoms with Gasteiger partial charge < -0.3 is 10.3 Å². The number of nitrogens with zero attached hydrogens (tertiary/aromatic N) is 2. The molecule has 1 aromatic carbocycles. The topological polar surface area (TPSA) is 53.6 Å². The third-order valence-corrected chi connectivity index (χ3v) is 3.95. The number of imidazole rings is 1. The van der Waals surface area contributed by atoms with Crippen LogP contribution >= 0.6 is 11.8 Å². The second-order valence-corrected chi connectivity index (χ2v) is 5.73. The van der Waals surface area contributed by atoms with Crippen LogP contribution in [0.2, 0.25) is 0 Å². The Kier molecular flexibility index (Phi) is 4.50. The summed E-state index contributed by atoms with van der Waals surface area (Å²) < 4.78 is 14.0. The van der Waals surface area contributed by atoms with E-state index in [1.807, 2.05) is 25.2 Å². The van der Waals surface area contributed by atoms with Gasteiger partial charge in [0.05, 0.1) is 11.4 Å². The number of rotatable bonds is 5. The van der Waals surface area contributed by atoms with Crippen molar-refractivity contribution in [2.75, 3.05) is 7.05 Å². The van der Waals surface area contributed by atoms with Crippen molar-refractivity contribution in [3.8, 4) is 11.3 Å². The van der Waals surface area contributed by atoms with E-state index in [1.54, 1.807) is 24.5 Å². The summed E-state index contributed by atoms with van der Waals surface area (Å²) in [5.74, 6) is -0.274. The van der Waals surface area contributed by atoms with Gasteiger partial charge in [-0.3, -0.25) is 4.98 Å². The Labute approximate surface area is 132 Å². The molecule has 2 N–H and O–H groups in total. The fourth-order valence-corrected chi connectivity index (χ4v) is 2.93. The normalized spacial score (nSPS) is 10.8. The number of hydrogen-bond donors (Lipinski definition) is 2. The molecule has 3 rings (SSSR count). The van der Waals surface area contributed by atoms with Gasteiger partial charge in [-0.2, -0.15) is 0 Å². The highest BCUT2D eigenvalue weighted by Crippen LogP contribution is 2.30. The largest absolute Gasteiger partial charge is 0.335 e. The minimum absolute atomic E-state index is 0.274. The van der Waals surface area contributed by atoms with Gasteiger partial charge in [-0.05, 0) is 31.3 Å². The molecule has 22 heavy (non-hydrogen) atoms. The van der Waals surface area contributed by atoms with E-state index in [4.69, 9.17) is 0 Å². The van der Waals surface area contributed by atoms with E-state index in [1.165, 1.54) is 17.8 Å². The summed E-state index contributed by atoms with van der Waals surface area (Å²) in [5, 5.41) is 3.79. The number of H-pyrrole nitrogens is 1. The van der Waals surface area contributed by atoms with Gasteiger partial charge >= 0.3 is 0 Å². The van der Waals surface area contributed by atoms with Gasteiger partial charge in [0.2, 0.25) is 0 Å². The standard InChI is InChI=1S/C16H15FN4S/c1-18-10-14-15(12-6-2-3-7-13(12)17)21-16(20-14)22-11-5-4-8-19-9-11/h2-9,18H,10H2,1H3,(H,20,21). The molecule has 4 nitrogen and oxygen atoms in total. The maximum absolute atomic E-state index is 14.0. The molecule has 0 radical (unpaired) electrons. The zero-order valence-electron chi connectivity index (χ0n) is 12.0. The fourth-order valence-electron chi connectivity index (χ4n) is 2.13. The average molecular weight is 314 g/mol. The van der Waals surface area contributed by atoms with Crippen LogP contribution in [0.15, 0.2) is 58.8 Å². The van der Waals surface area contributed by atoms with Crippen LogP contribution in [0.25, 0.3) is 11.3 Å². The van der Waals surface area contributed by atoms with Gasteiger partial charge in [-0.1, -0.05) is 23.9 Å². The van der Waals surface area contributed by atoms with Crippen LogP contribution in [0.4, 0.5) is 4.39 Å². The maximum Gasteiger partial charge on any atom is 0.171 e. The fraction of sp³-hybridized carbons (Fsp3) is 0.125. The molecule has 0 aliphatic carbocycles. The van der Waals surface area contributed by atoms with E-state index in [2.05, 4.69) is 20.3 Å². The first-order valence-corrected chi connectivity index (χ1v) is 7.66. The van der Waals surface area contributed by atoms with Crippen LogP contribution < -0.4 is 5.32 Å². The number of benzene rings is 1. The van der Waals surface area contributed by atoms with Crippen molar-refractivity contribution in [3.63, 3.8) is 0 Å². The Hall–Kier alpha value is -2.18. The molecule has 2 aromatic heterocycles. The van der Waals surface area contributed by atoms with E-state index in [0.717, 1.165) is 15.7 Å². The molecule has 0 saturated carbocycles. The van der Waals surface area contributed by atoms with Gasteiger partial charge in [0.1, 0.15) is 5.82 Å². The number of halogens is 1. The lowest BCUT2D eigenvalue weighted by atomic mass is 10.1. The monoisotopic (exact) mass is 314 g/mol. The summed E-state index contributed by atoms with van der Waals surface area (Å²) in [4.78, 5) is 12.9. The molecule has 3 aromatic rings. The number of nitrogens with one attached hydrogen (secondary N) is 2. The van der Waals surface area contributed by atoms with Crippen LogP contribution in [-0.4, -0.2) is 22.0 Å². The zero-order chi connectivity index (χ0) is 15.4. The van der Waals surface area contributed by atoms with Gasteiger partial charge in [0, 0.05) is 29.4 Å². The lowest BCUT2D eigenvalue weighted by molar-refractivity contribution is 0.630. The van der Waals surface area contributed by atoms with Gasteiger partial charge in [0.25, 0.3) is 0 Å². The highest BCUT2D eigenvalue weighted by molar-refractivity contribution is 7.99. The quantitative estimate of drug-likeness (QED) is 0.757. The lowest BCUT2D eigenvalue weighted by Crippen LogP contribution is -2.06. The number of pyridine rings is 1. The first kappa shape index (κ1) is 14.7. The Morgan fingerprint density at radius 3 is 2.82 bits per heavy atom. The number of hydrogen-bond acceptors (Lipinski definition) is 4. The second kappa shape index (κ2) is 6.72. The molecule has 0 bridgehead atoms. The van der Waals surface area contributed by atoms with Gasteiger partial charge in [0.15, 0.2) is 5.16 Å². The zero-order valence-corrected chi connectivity index (χ0v) is 12.8. The molecule has 0 unspecified atom stereocenters. The van der Waals surface area contributed by atoms with Crippen molar-refractivity contribution >= 4 is 11.8 Å². The van der Waals surface area contributed by atoms with E-state index in [-0.39, 0.29) is 5.82 Å². The van der Waals surface area contributed by atoms with Crippen LogP contribution in [0.5, 0.6) is 0 Å². The molecule has 0 amide bonds. The van der Waals surface area contributed by atoms with Crippen molar-refractivity contribution in [3.05, 3.63) is 60.3 Å². The third kappa shape index (κ3) is 3.18. The predicted octanol–water partition coefficient (Wildman–Crippen LogP) is 3.48. The molecular formula is C16H15FN4S. The Morgan fingerprint density at radius 2 is 2.09 bits per heavy atom. The molecular weight excluding hydrogens is 299 g/mol. The molecule has 0 spiro atoms. The van der Waals surface area contributed by atoms with Crippen molar-refractivity contribution in [2.24, 2.45) is 0 Å². The lowest BCUT2D eigenvalue weighted by Gasteiger charge is -2.02. The van der Waals surface area contributed by atoms with Crippen molar-refractivity contribution in [2.45, 2.75) is 16.6 Å². The molecule has 0 atom stereocenters. The number of aromatic amines is 1. The molecule has 0 saturated heterocycles. The van der Waals surface area contributed by atoms with E-state index < -0.39 is 0 Å². The third-order valence-electron chi connectivity index (χ3n) is 3.09. The Balaban J connectivity index is 1.97. The summed E-state index contributed by atoms with van der Waals surface area (Å²) in [6.45, 7) is 0.588. The van der Waals surface area contributed by atoms with Crippen LogP contribution in [-0.2, 0) is 6.54 Å². The van der Waals surface area contributed by atoms with E-state index in [9.17, 15) is 4.39 Å². The number of aromatic nitrogens is 3. The van der Waals surface area contributed by atoms with Crippen LogP contribution in [0.1, 0.15) is 5.69 Å². The first-order chi connectivity index (χ1) is 10.8. The molecule has 2 heterocycles. The average Bonchev–Trinajstić information content (AvgIpc) is 2.91. The first-order valence-electron chi connectivity index (χ1n) is 6.84. The Bertz CT molecular complexity index is 758. The maximum atomic E-state index is 14.0. The minimum Gasteiger partial charge on any atom is -0.335 e. The smallest absolute Gasteiger partial charge is 0.171 e. The second-order valence-electron chi connectivity index (χ2n) is 4.67. The highest BCUT2D eigenvalue weighted by Gasteiger charge is 2.15. The summed E-state index contributed by atoms with van der Waals surface area (Å²) in [5.41, 5.74) is 2.00. The van der Waals surface area contributed by atoms with Crippen molar-refractivity contribution < 1.29 is 4.39 Å². The Morgan fingerprint density at radius 1 is 1.23 bits per heavy atom. The molecule has 0 aliphatic heterocycles. The molecule has 112 valence electrons. The molecule has 6 heteroatoms. The van der Waals surface area contributed by atoms with E-state index >= 15 is 0 Å². The summed E-state index contributed by atoms with van der Waals surface area (Å²) >= 11 is 1.47. The van der Waals surface area contributed by atoms with Gasteiger partial charge in [-0.25, -0.2) is 9.37 Å². The van der Waals surface area contributed by atoms with Gasteiger partial charge in [-0.15, -0.1) is 0 Å². The van der Waals surface area contributed by atoms with Crippen LogP contribution in [0, 0.1) is 5.82 Å². The SMILES string of the molecule is CNCc1[nH]c(Sc2cccnc2)nc1-c1ccccc1F. The summed E-state index contributed by atoms with van der Waals surface area (Å²) in [6.07, 6.45) is 3.50. The summed E-state index contributed by atoms with van der Waals surface area (Å²) in [7, 11) is 1.85. The highest BCUT2D eigenvalue weighted by atomic mass is 32.2. The van der Waals surface area contributed by atoms with E-state index in [0.29, 0.717) is 17.8 Å². The van der Waals surface area contributed by atoms with Crippen LogP contribution in [0.3, 0.4) is 0 Å². The predicted molar refractivity (Wildman–Crippen MR) is 85.1 cm³/mol. The van der Waals surface area contributed by atoms with Crippen molar-refractivity contribution in [1.29, 1.82) is 0 Å². The summed E-state index contributed by atoms with van der Waals surface area (Å²) in [6, 6.07) is 10.5. The molecule has 0 fully saturated rings. The minimum atomic E-state index is -0.274. The van der Waals surface area contributed by atoms with Crippen molar-refractivity contribution in [1.82, 2.24) is 20.3 Å². The molecule has 0 aliphatic rings.